The van der Waals surface area contributed by atoms with Crippen LogP contribution in [0, 0.1) is 0 Å². The van der Waals surface area contributed by atoms with E-state index in [1.54, 1.807) is 54.6 Å². The summed E-state index contributed by atoms with van der Waals surface area (Å²) in [5.41, 5.74) is 6.74. The number of carbonyl (C=O) groups is 2. The van der Waals surface area contributed by atoms with Crippen molar-refractivity contribution in [2.24, 2.45) is 0 Å². The van der Waals surface area contributed by atoms with Gasteiger partial charge >= 0.3 is 11.9 Å². The van der Waals surface area contributed by atoms with Crippen molar-refractivity contribution >= 4 is 20.3 Å². The summed E-state index contributed by atoms with van der Waals surface area (Å²) in [5, 5.41) is 11.9. The number of aliphatic hydroxyl groups excluding tert-OH is 1. The minimum atomic E-state index is -2.74. The second kappa shape index (κ2) is 41.9. The van der Waals surface area contributed by atoms with Crippen molar-refractivity contribution in [3.8, 4) is 0 Å². The number of esters is 2. The summed E-state index contributed by atoms with van der Waals surface area (Å²) in [6, 6.07) is 85.3. The molecule has 2 aliphatic heterocycles. The smallest absolute Gasteiger partial charge is 0.338 e. The maximum Gasteiger partial charge on any atom is 0.338 e. The van der Waals surface area contributed by atoms with Crippen molar-refractivity contribution in [1.29, 1.82) is 0 Å². The van der Waals surface area contributed by atoms with Crippen LogP contribution in [0.5, 0.6) is 0 Å². The Morgan fingerprint density at radius 2 is 0.580 bits per heavy atom. The van der Waals surface area contributed by atoms with E-state index in [0.29, 0.717) is 0 Å². The molecule has 16 atom stereocenters. The van der Waals surface area contributed by atoms with Gasteiger partial charge in [0.15, 0.2) is 33.1 Å². The van der Waals surface area contributed by atoms with Crippen LogP contribution >= 0.6 is 0 Å². The number of ether oxygens (including phenoxy) is 14. The van der Waals surface area contributed by atoms with Crippen LogP contribution in [0.25, 0.3) is 0 Å². The maximum absolute atomic E-state index is 15.4. The third-order valence-corrected chi connectivity index (χ3v) is 27.1. The molecule has 0 unspecified atom stereocenters. The molecule has 0 aromatic heterocycles. The summed E-state index contributed by atoms with van der Waals surface area (Å²) in [5.74, 6) is -1.42. The van der Waals surface area contributed by atoms with E-state index in [9.17, 15) is 5.11 Å². The summed E-state index contributed by atoms with van der Waals surface area (Å²) in [6.07, 6.45) is -19.0. The van der Waals surface area contributed by atoms with Crippen molar-refractivity contribution in [1.82, 2.24) is 0 Å². The predicted molar refractivity (Wildman–Crippen MR) is 428 cm³/mol. The second-order valence-electron chi connectivity index (χ2n) is 29.5. The number of benzene rings is 9. The summed E-state index contributed by atoms with van der Waals surface area (Å²) >= 11 is 0. The molecule has 2 saturated heterocycles. The van der Waals surface area contributed by atoms with E-state index in [2.05, 4.69) is 48.1 Å². The van der Waals surface area contributed by atoms with Gasteiger partial charge in [-0.3, -0.25) is 0 Å². The molecule has 0 bridgehead atoms. The van der Waals surface area contributed by atoms with E-state index < -0.39 is 125 Å². The maximum atomic E-state index is 15.4. The van der Waals surface area contributed by atoms with Gasteiger partial charge in [0.1, 0.15) is 73.2 Å². The van der Waals surface area contributed by atoms with Crippen molar-refractivity contribution in [2.45, 2.75) is 202 Å². The minimum Gasteiger partial charge on any atom is -0.450 e. The Bertz CT molecular complexity index is 4180. The molecule has 112 heavy (non-hydrogen) atoms. The highest BCUT2D eigenvalue weighted by Crippen LogP contribution is 2.45. The monoisotopic (exact) mass is 1540 g/mol. The molecule has 0 amide bonds. The summed E-state index contributed by atoms with van der Waals surface area (Å²) < 4.78 is 110. The van der Waals surface area contributed by atoms with Gasteiger partial charge in [0.2, 0.25) is 0 Å². The van der Waals surface area contributed by atoms with Gasteiger partial charge in [0, 0.05) is 0 Å². The van der Waals surface area contributed by atoms with Gasteiger partial charge in [-0.15, -0.1) is 6.58 Å². The third-order valence-electron chi connectivity index (χ3n) is 21.0. The van der Waals surface area contributed by atoms with E-state index in [4.69, 9.17) is 70.7 Å². The number of hydrogen-bond donors (Lipinski definition) is 1. The summed E-state index contributed by atoms with van der Waals surface area (Å²) in [6.45, 7) is 17.1. The zero-order chi connectivity index (χ0) is 78.0. The Balaban J connectivity index is 1.06. The third kappa shape index (κ3) is 21.8. The molecule has 1 saturated carbocycles. The molecule has 3 fully saturated rings. The molecule has 9 aromatic carbocycles. The standard InChI is InChI=1S/C93H106O18Si/c1-8-54-97-85-86(110-92-88(108-90(95)74-50-32-16-33-51-74)80(100-58-69-40-22-11-23-41-69)78(76(55-94)106-92)98-56-67-36-18-9-19-37-67)83(103-61-72-46-28-14-29-47-72)82(102-60-71-44-26-13-27-45-71)84(104-62-73-48-30-15-31-49-73)87(85)111-93-89(109-91(96)75-52-34-17-35-53-75)81(101-59-70-42-24-12-25-43-70)79(99-57-68-38-20-10-21-39-68)77(107-93)63-105-112(64(2)3,65(4)5)66(6)7/h8-53,64-66,76-89,92-94H,1,54-63H2,2-7H3/t76-,77-,78-,79-,80+,81+,82+,83+,84-,85+,86-,87-,88+,89+,92-,93-/m1/s1. The average Bonchev–Trinajstić information content (AvgIpc) is 0.743. The van der Waals surface area contributed by atoms with Crippen LogP contribution in [-0.4, -0.2) is 143 Å². The van der Waals surface area contributed by atoms with Crippen LogP contribution in [0.1, 0.15) is 101 Å². The Hall–Kier alpha value is -8.68. The molecular weight excluding hydrogens is 1430 g/mol. The fraction of sp³-hybridized carbons (Fsp3) is 0.376. The molecule has 2 heterocycles. The fourth-order valence-corrected chi connectivity index (χ4v) is 21.0. The molecule has 1 N–H and O–H groups in total. The van der Waals surface area contributed by atoms with E-state index in [1.165, 1.54) is 0 Å². The molecule has 590 valence electrons. The number of aliphatic hydroxyl groups is 1. The van der Waals surface area contributed by atoms with Crippen LogP contribution in [0.4, 0.5) is 0 Å². The first-order valence-electron chi connectivity index (χ1n) is 39.0. The van der Waals surface area contributed by atoms with Gasteiger partial charge in [0.25, 0.3) is 0 Å². The fourth-order valence-electron chi connectivity index (χ4n) is 15.6. The Kier molecular flexibility index (Phi) is 31.0. The van der Waals surface area contributed by atoms with Crippen molar-refractivity contribution in [2.75, 3.05) is 19.8 Å². The molecule has 12 rings (SSSR count). The minimum absolute atomic E-state index is 0.000754. The van der Waals surface area contributed by atoms with Gasteiger partial charge in [-0.05, 0) is 79.8 Å². The molecule has 19 heteroatoms. The lowest BCUT2D eigenvalue weighted by Crippen LogP contribution is -2.71. The number of carbonyl (C=O) groups excluding carboxylic acids is 2. The van der Waals surface area contributed by atoms with Crippen molar-refractivity contribution in [3.63, 3.8) is 0 Å². The lowest BCUT2D eigenvalue weighted by Gasteiger charge is -2.53. The largest absolute Gasteiger partial charge is 0.450 e. The molecule has 9 aromatic rings. The van der Waals surface area contributed by atoms with Crippen LogP contribution in [-0.2, 0) is 117 Å². The van der Waals surface area contributed by atoms with E-state index >= 15 is 9.59 Å². The van der Waals surface area contributed by atoms with E-state index in [-0.39, 0.29) is 87.2 Å². The van der Waals surface area contributed by atoms with Crippen LogP contribution < -0.4 is 0 Å². The average molecular weight is 1540 g/mol. The van der Waals surface area contributed by atoms with Crippen molar-refractivity contribution in [3.05, 3.63) is 336 Å². The van der Waals surface area contributed by atoms with Crippen LogP contribution in [0.3, 0.4) is 0 Å². The van der Waals surface area contributed by atoms with Gasteiger partial charge < -0.3 is 75.8 Å². The summed E-state index contributed by atoms with van der Waals surface area (Å²) in [4.78, 5) is 30.6. The molecule has 3 aliphatic rings. The van der Waals surface area contributed by atoms with Crippen molar-refractivity contribution < 1.29 is 85.4 Å². The molecule has 18 nitrogen and oxygen atoms in total. The Morgan fingerprint density at radius 1 is 0.339 bits per heavy atom. The first-order chi connectivity index (χ1) is 54.8. The highest BCUT2D eigenvalue weighted by Gasteiger charge is 2.61. The predicted octanol–water partition coefficient (Wildman–Crippen LogP) is 16.5. The van der Waals surface area contributed by atoms with Crippen LogP contribution in [0.2, 0.25) is 16.6 Å². The first-order valence-corrected chi connectivity index (χ1v) is 41.1. The molecule has 0 radical (unpaired) electrons. The first kappa shape index (κ1) is 82.8. The Labute approximate surface area is 660 Å². The topological polar surface area (TPSA) is 193 Å². The number of hydrogen-bond acceptors (Lipinski definition) is 18. The van der Waals surface area contributed by atoms with Gasteiger partial charge in [-0.25, -0.2) is 9.59 Å². The SMILES string of the molecule is C=CCO[C@@H]1[C@H](O[C@H]2O[C@H](CO[Si](C(C)C)(C(C)C)C(C)C)[C@@H](OCc3ccccc3)[C@H](OCc3ccccc3)[C@@H]2OC(=O)c2ccccc2)[C@H](OCc2ccccc2)[C@@H](OCc2ccccc2)[C@H](OCc2ccccc2)[C@H]1O[C@H]1O[C@H](CO)[C@@H](OCc2ccccc2)[C@H](OCc2ccccc2)[C@@H]1OC(=O)c1ccccc1. The van der Waals surface area contributed by atoms with Gasteiger partial charge in [0.05, 0.1) is 77.2 Å². The Morgan fingerprint density at radius 3 is 0.857 bits per heavy atom. The van der Waals surface area contributed by atoms with E-state index in [0.717, 1.165) is 38.9 Å². The van der Waals surface area contributed by atoms with Gasteiger partial charge in [-0.2, -0.15) is 0 Å². The molecular formula is C93H106O18Si. The number of rotatable bonds is 39. The lowest BCUT2D eigenvalue weighted by molar-refractivity contribution is -0.376. The summed E-state index contributed by atoms with van der Waals surface area (Å²) in [7, 11) is -2.74. The zero-order valence-electron chi connectivity index (χ0n) is 64.7. The molecule has 1 aliphatic carbocycles. The highest BCUT2D eigenvalue weighted by molar-refractivity contribution is 6.77. The van der Waals surface area contributed by atoms with Crippen LogP contribution in [0.15, 0.2) is 286 Å². The molecule has 0 spiro atoms. The quantitative estimate of drug-likeness (QED) is 0.0217. The van der Waals surface area contributed by atoms with E-state index in [1.807, 2.05) is 224 Å². The zero-order valence-corrected chi connectivity index (χ0v) is 65.7. The van der Waals surface area contributed by atoms with Gasteiger partial charge in [-0.1, -0.05) is 296 Å². The normalized spacial score (nSPS) is 24.7. The lowest BCUT2D eigenvalue weighted by atomic mass is 9.83. The second-order valence-corrected chi connectivity index (χ2v) is 34.9. The highest BCUT2D eigenvalue weighted by atomic mass is 28.4.